The second-order valence-electron chi connectivity index (χ2n) is 5.03. The summed E-state index contributed by atoms with van der Waals surface area (Å²) in [6.45, 7) is 5.21. The Morgan fingerprint density at radius 2 is 1.96 bits per heavy atom. The summed E-state index contributed by atoms with van der Waals surface area (Å²) in [5, 5.41) is 0. The van der Waals surface area contributed by atoms with Crippen LogP contribution in [0.25, 0.3) is 0 Å². The van der Waals surface area contributed by atoms with Crippen LogP contribution in [-0.4, -0.2) is 17.9 Å². The maximum absolute atomic E-state index is 12.0. The molecule has 0 unspecified atom stereocenters. The molecule has 0 radical (unpaired) electrons. The molecule has 1 atom stereocenters. The summed E-state index contributed by atoms with van der Waals surface area (Å²) in [7, 11) is 0. The van der Waals surface area contributed by atoms with Crippen LogP contribution in [0.1, 0.15) is 28.6 Å². The molecular weight excluding hydrogens is 364 g/mol. The predicted octanol–water partition coefficient (Wildman–Crippen LogP) is 2.89. The van der Waals surface area contributed by atoms with Gasteiger partial charge in [0, 0.05) is 0 Å². The number of aryl methyl sites for hydroxylation is 2. The van der Waals surface area contributed by atoms with E-state index >= 15 is 0 Å². The van der Waals surface area contributed by atoms with Gasteiger partial charge >= 0.3 is 0 Å². The van der Waals surface area contributed by atoms with Gasteiger partial charge < -0.3 is 9.15 Å². The number of halogens is 1. The lowest BCUT2D eigenvalue weighted by molar-refractivity contribution is -0.128. The number of furan rings is 1. The molecule has 0 bridgehead atoms. The fourth-order valence-corrected chi connectivity index (χ4v) is 2.44. The van der Waals surface area contributed by atoms with E-state index in [2.05, 4.69) is 26.8 Å². The summed E-state index contributed by atoms with van der Waals surface area (Å²) in [6.07, 6.45) is 0.631. The quantitative estimate of drug-likeness (QED) is 0.799. The number of hydrogen-bond donors (Lipinski definition) is 2. The lowest BCUT2D eigenvalue weighted by Crippen LogP contribution is -2.47. The van der Waals surface area contributed by atoms with Gasteiger partial charge in [0.2, 0.25) is 0 Å². The predicted molar refractivity (Wildman–Crippen MR) is 88.0 cm³/mol. The van der Waals surface area contributed by atoms with Gasteiger partial charge in [-0.3, -0.25) is 20.4 Å². The van der Waals surface area contributed by atoms with Gasteiger partial charge in [0.1, 0.15) is 11.5 Å². The van der Waals surface area contributed by atoms with Crippen LogP contribution in [0.4, 0.5) is 0 Å². The maximum Gasteiger partial charge on any atom is 0.279 e. The van der Waals surface area contributed by atoms with Crippen molar-refractivity contribution in [3.05, 3.63) is 51.9 Å². The van der Waals surface area contributed by atoms with Gasteiger partial charge in [-0.05, 0) is 60.5 Å². The smallest absolute Gasteiger partial charge is 0.279 e. The van der Waals surface area contributed by atoms with Crippen LogP contribution in [0.15, 0.2) is 39.4 Å². The first-order chi connectivity index (χ1) is 10.9. The van der Waals surface area contributed by atoms with Gasteiger partial charge in [-0.2, -0.15) is 0 Å². The average Bonchev–Trinajstić information content (AvgIpc) is 2.93. The highest BCUT2D eigenvalue weighted by molar-refractivity contribution is 9.10. The monoisotopic (exact) mass is 380 g/mol. The van der Waals surface area contributed by atoms with Crippen molar-refractivity contribution in [1.82, 2.24) is 10.9 Å². The lowest BCUT2D eigenvalue weighted by atomic mass is 10.2. The van der Waals surface area contributed by atoms with Crippen LogP contribution in [0, 0.1) is 13.8 Å². The third kappa shape index (κ3) is 4.35. The number of benzene rings is 1. The summed E-state index contributed by atoms with van der Waals surface area (Å²) >= 11 is 3.38. The summed E-state index contributed by atoms with van der Waals surface area (Å²) in [4.78, 5) is 23.9. The first-order valence-electron chi connectivity index (χ1n) is 6.95. The minimum atomic E-state index is -0.778. The molecule has 0 fully saturated rings. The average molecular weight is 381 g/mol. The highest BCUT2D eigenvalue weighted by atomic mass is 79.9. The number of carbonyl (C=O) groups is 2. The molecule has 1 heterocycles. The van der Waals surface area contributed by atoms with Crippen molar-refractivity contribution in [2.24, 2.45) is 0 Å². The van der Waals surface area contributed by atoms with E-state index < -0.39 is 17.9 Å². The van der Waals surface area contributed by atoms with E-state index in [-0.39, 0.29) is 0 Å². The number of nitrogens with one attached hydrogen (secondary N) is 2. The molecule has 7 heteroatoms. The molecule has 2 N–H and O–H groups in total. The molecule has 122 valence electrons. The summed E-state index contributed by atoms with van der Waals surface area (Å²) < 4.78 is 11.4. The van der Waals surface area contributed by atoms with E-state index in [1.807, 2.05) is 19.1 Å². The molecule has 0 aliphatic carbocycles. The van der Waals surface area contributed by atoms with Crippen molar-refractivity contribution in [3.8, 4) is 5.75 Å². The van der Waals surface area contributed by atoms with Gasteiger partial charge in [0.15, 0.2) is 6.10 Å². The van der Waals surface area contributed by atoms with Crippen molar-refractivity contribution in [2.75, 3.05) is 0 Å². The summed E-state index contributed by atoms with van der Waals surface area (Å²) in [5.41, 5.74) is 6.09. The highest BCUT2D eigenvalue weighted by Crippen LogP contribution is 2.26. The number of hydrogen-bond acceptors (Lipinski definition) is 4. The van der Waals surface area contributed by atoms with Gasteiger partial charge in [0.25, 0.3) is 11.8 Å². The van der Waals surface area contributed by atoms with Crippen molar-refractivity contribution >= 4 is 27.7 Å². The van der Waals surface area contributed by atoms with Crippen LogP contribution in [-0.2, 0) is 4.79 Å². The molecule has 1 aromatic heterocycles. The molecule has 0 aliphatic rings. The Hall–Kier alpha value is -2.28. The minimum absolute atomic E-state index is 0.361. The maximum atomic E-state index is 12.0. The molecule has 0 aliphatic heterocycles. The standard InChI is InChI=1S/C16H17BrN2O4/c1-9-4-5-14(13(17)8-9)23-11(3)15(20)18-19-16(21)12-6-7-22-10(12)2/h4-8,11H,1-3H3,(H,18,20)(H,19,21)/t11-/m0/s1. The lowest BCUT2D eigenvalue weighted by Gasteiger charge is -2.16. The van der Waals surface area contributed by atoms with E-state index in [1.54, 1.807) is 19.9 Å². The molecular formula is C16H17BrN2O4. The number of rotatable bonds is 4. The molecule has 2 rings (SSSR count). The van der Waals surface area contributed by atoms with Crippen molar-refractivity contribution in [3.63, 3.8) is 0 Å². The van der Waals surface area contributed by atoms with Crippen molar-refractivity contribution < 1.29 is 18.7 Å². The van der Waals surface area contributed by atoms with Gasteiger partial charge in [-0.1, -0.05) is 6.07 Å². The second-order valence-corrected chi connectivity index (χ2v) is 5.88. The molecule has 23 heavy (non-hydrogen) atoms. The van der Waals surface area contributed by atoms with Crippen LogP contribution < -0.4 is 15.6 Å². The first kappa shape index (κ1) is 17.1. The molecule has 2 aromatic rings. The zero-order chi connectivity index (χ0) is 17.0. The van der Waals surface area contributed by atoms with Crippen LogP contribution in [0.2, 0.25) is 0 Å². The Labute approximate surface area is 142 Å². The first-order valence-corrected chi connectivity index (χ1v) is 7.75. The Morgan fingerprint density at radius 1 is 1.22 bits per heavy atom. The third-order valence-corrected chi connectivity index (χ3v) is 3.78. The van der Waals surface area contributed by atoms with Crippen LogP contribution in [0.3, 0.4) is 0 Å². The normalized spacial score (nSPS) is 11.7. The Balaban J connectivity index is 1.90. The molecule has 1 aromatic carbocycles. The summed E-state index contributed by atoms with van der Waals surface area (Å²) in [6, 6.07) is 7.08. The van der Waals surface area contributed by atoms with Gasteiger partial charge in [0.05, 0.1) is 16.3 Å². The fraction of sp³-hybridized carbons (Fsp3) is 0.250. The van der Waals surface area contributed by atoms with Crippen molar-refractivity contribution in [2.45, 2.75) is 26.9 Å². The van der Waals surface area contributed by atoms with E-state index in [9.17, 15) is 9.59 Å². The fourth-order valence-electron chi connectivity index (χ4n) is 1.85. The number of hydrazine groups is 1. The number of ether oxygens (including phenoxy) is 1. The number of carbonyl (C=O) groups excluding carboxylic acids is 2. The van der Waals surface area contributed by atoms with E-state index in [0.717, 1.165) is 10.0 Å². The molecule has 0 saturated carbocycles. The Morgan fingerprint density at radius 3 is 2.57 bits per heavy atom. The Bertz CT molecular complexity index is 727. The van der Waals surface area contributed by atoms with Crippen LogP contribution in [0.5, 0.6) is 5.75 Å². The Kier molecular flexibility index (Phi) is 5.44. The second kappa shape index (κ2) is 7.32. The summed E-state index contributed by atoms with van der Waals surface area (Å²) in [5.74, 6) is 0.111. The highest BCUT2D eigenvalue weighted by Gasteiger charge is 2.18. The zero-order valence-corrected chi connectivity index (χ0v) is 14.6. The van der Waals surface area contributed by atoms with Crippen LogP contribution >= 0.6 is 15.9 Å². The topological polar surface area (TPSA) is 80.6 Å². The SMILES string of the molecule is Cc1ccc(O[C@@H](C)C(=O)NNC(=O)c2ccoc2C)c(Br)c1. The third-order valence-electron chi connectivity index (χ3n) is 3.16. The van der Waals surface area contributed by atoms with Gasteiger partial charge in [-0.25, -0.2) is 0 Å². The molecule has 0 saturated heterocycles. The van der Waals surface area contributed by atoms with Gasteiger partial charge in [-0.15, -0.1) is 0 Å². The minimum Gasteiger partial charge on any atom is -0.480 e. The molecule has 2 amide bonds. The molecule has 6 nitrogen and oxygen atoms in total. The van der Waals surface area contributed by atoms with E-state index in [4.69, 9.17) is 9.15 Å². The number of amides is 2. The zero-order valence-electron chi connectivity index (χ0n) is 13.0. The van der Waals surface area contributed by atoms with Crippen molar-refractivity contribution in [1.29, 1.82) is 0 Å². The largest absolute Gasteiger partial charge is 0.480 e. The van der Waals surface area contributed by atoms with E-state index in [0.29, 0.717) is 17.1 Å². The van der Waals surface area contributed by atoms with E-state index in [1.165, 1.54) is 12.3 Å². The molecule has 0 spiro atoms.